The summed E-state index contributed by atoms with van der Waals surface area (Å²) in [6.07, 6.45) is 0. The first kappa shape index (κ1) is 21.5. The van der Waals surface area contributed by atoms with Gasteiger partial charge in [0, 0.05) is 22.3 Å². The molecule has 3 rings (SSSR count). The van der Waals surface area contributed by atoms with Crippen LogP contribution in [0.5, 0.6) is 0 Å². The molecule has 6 heteroatoms. The van der Waals surface area contributed by atoms with E-state index < -0.39 is 27.8 Å². The SMILES string of the molecule is Cc1ccc2c(c1)C(C#N)(O[Si](C)(C)C)c1ccccc1C2(C#N)O[Si](C)(C)C. The molecule has 0 spiro atoms. The fourth-order valence-electron chi connectivity index (χ4n) is 4.07. The van der Waals surface area contributed by atoms with Gasteiger partial charge in [0.15, 0.2) is 27.8 Å². The van der Waals surface area contributed by atoms with E-state index in [1.165, 1.54) is 0 Å². The highest BCUT2D eigenvalue weighted by Gasteiger charge is 2.55. The van der Waals surface area contributed by atoms with E-state index in [4.69, 9.17) is 8.85 Å². The third kappa shape index (κ3) is 3.58. The lowest BCUT2D eigenvalue weighted by Crippen LogP contribution is -2.50. The number of hydrogen-bond acceptors (Lipinski definition) is 4. The van der Waals surface area contributed by atoms with Gasteiger partial charge in [0.25, 0.3) is 0 Å². The van der Waals surface area contributed by atoms with E-state index in [2.05, 4.69) is 51.4 Å². The summed E-state index contributed by atoms with van der Waals surface area (Å²) in [7, 11) is -4.26. The molecule has 0 radical (unpaired) electrons. The van der Waals surface area contributed by atoms with Gasteiger partial charge in [-0.2, -0.15) is 10.5 Å². The van der Waals surface area contributed by atoms with Crippen molar-refractivity contribution in [3.8, 4) is 12.1 Å². The molecule has 0 saturated heterocycles. The van der Waals surface area contributed by atoms with Gasteiger partial charge >= 0.3 is 0 Å². The largest absolute Gasteiger partial charge is 0.393 e. The molecule has 29 heavy (non-hydrogen) atoms. The maximum absolute atomic E-state index is 10.5. The van der Waals surface area contributed by atoms with Crippen molar-refractivity contribution in [2.24, 2.45) is 0 Å². The summed E-state index contributed by atoms with van der Waals surface area (Å²) >= 11 is 0. The van der Waals surface area contributed by atoms with E-state index in [-0.39, 0.29) is 0 Å². The Hall–Kier alpha value is -2.23. The summed E-state index contributed by atoms with van der Waals surface area (Å²) in [5.41, 5.74) is 1.36. The number of benzene rings is 2. The number of aryl methyl sites for hydroxylation is 1. The zero-order valence-corrected chi connectivity index (χ0v) is 20.3. The van der Waals surface area contributed by atoms with E-state index in [1.807, 2.05) is 49.4 Å². The minimum Gasteiger partial charge on any atom is -0.393 e. The predicted molar refractivity (Wildman–Crippen MR) is 119 cm³/mol. The normalized spacial score (nSPS) is 23.5. The Kier molecular flexibility index (Phi) is 5.13. The summed E-state index contributed by atoms with van der Waals surface area (Å²) in [5, 5.41) is 21.0. The number of rotatable bonds is 4. The molecule has 0 aromatic heterocycles. The van der Waals surface area contributed by atoms with Crippen molar-refractivity contribution < 1.29 is 8.85 Å². The Morgan fingerprint density at radius 3 is 1.52 bits per heavy atom. The molecule has 0 N–H and O–H groups in total. The molecule has 0 saturated carbocycles. The fraction of sp³-hybridized carbons (Fsp3) is 0.391. The minimum absolute atomic E-state index is 0.709. The van der Waals surface area contributed by atoms with Gasteiger partial charge in [-0.3, -0.25) is 0 Å². The minimum atomic E-state index is -2.13. The molecule has 2 atom stereocenters. The standard InChI is InChI=1S/C23H28N2O2Si2/c1-17-12-13-20-21(14-17)23(16-25,27-29(5,6)7)19-11-9-8-10-18(19)22(20,15-24)26-28(2,3)4/h8-14H,1-7H3. The van der Waals surface area contributed by atoms with Crippen LogP contribution in [0.2, 0.25) is 39.3 Å². The number of hydrogen-bond donors (Lipinski definition) is 0. The summed E-state index contributed by atoms with van der Waals surface area (Å²) in [6.45, 7) is 14.5. The average Bonchev–Trinajstić information content (AvgIpc) is 2.62. The molecule has 0 aliphatic heterocycles. The lowest BCUT2D eigenvalue weighted by atomic mass is 9.68. The molecule has 0 bridgehead atoms. The van der Waals surface area contributed by atoms with E-state index in [0.717, 1.165) is 11.1 Å². The van der Waals surface area contributed by atoms with Crippen molar-refractivity contribution in [1.82, 2.24) is 0 Å². The Bertz CT molecular complexity index is 1040. The van der Waals surface area contributed by atoms with Crippen LogP contribution in [0.15, 0.2) is 42.5 Å². The molecule has 2 aromatic carbocycles. The van der Waals surface area contributed by atoms with Crippen molar-refractivity contribution >= 4 is 16.6 Å². The van der Waals surface area contributed by atoms with E-state index in [1.54, 1.807) is 0 Å². The summed E-state index contributed by atoms with van der Waals surface area (Å²) < 4.78 is 13.2. The maximum Gasteiger partial charge on any atom is 0.197 e. The second kappa shape index (κ2) is 6.93. The Morgan fingerprint density at radius 2 is 1.10 bits per heavy atom. The van der Waals surface area contributed by atoms with Gasteiger partial charge in [-0.1, -0.05) is 48.0 Å². The second-order valence-electron chi connectivity index (χ2n) is 9.61. The molecule has 4 nitrogen and oxygen atoms in total. The van der Waals surface area contributed by atoms with Gasteiger partial charge in [-0.15, -0.1) is 0 Å². The number of nitrogens with zero attached hydrogens (tertiary/aromatic N) is 2. The summed E-state index contributed by atoms with van der Waals surface area (Å²) in [6, 6.07) is 18.5. The fourth-order valence-corrected chi connectivity index (χ4v) is 6.44. The van der Waals surface area contributed by atoms with E-state index in [9.17, 15) is 10.5 Å². The first-order chi connectivity index (χ1) is 13.4. The van der Waals surface area contributed by atoms with Crippen LogP contribution < -0.4 is 0 Å². The molecule has 0 heterocycles. The van der Waals surface area contributed by atoms with Crippen LogP contribution >= 0.6 is 0 Å². The third-order valence-corrected chi connectivity index (χ3v) is 6.69. The van der Waals surface area contributed by atoms with Crippen molar-refractivity contribution in [2.45, 2.75) is 57.4 Å². The van der Waals surface area contributed by atoms with Crippen LogP contribution in [0.1, 0.15) is 27.8 Å². The van der Waals surface area contributed by atoms with Gasteiger partial charge in [-0.25, -0.2) is 0 Å². The third-order valence-electron chi connectivity index (χ3n) is 4.85. The second-order valence-corrected chi connectivity index (χ2v) is 18.5. The van der Waals surface area contributed by atoms with Gasteiger partial charge < -0.3 is 8.85 Å². The zero-order valence-electron chi connectivity index (χ0n) is 18.3. The zero-order chi connectivity index (χ0) is 21.7. The summed E-state index contributed by atoms with van der Waals surface area (Å²) in [5.74, 6) is 0. The molecule has 2 aromatic rings. The number of fused-ring (bicyclic) bond motifs is 2. The molecular weight excluding hydrogens is 392 g/mol. The highest BCUT2D eigenvalue weighted by atomic mass is 28.4. The van der Waals surface area contributed by atoms with Crippen LogP contribution in [0.4, 0.5) is 0 Å². The van der Waals surface area contributed by atoms with E-state index >= 15 is 0 Å². The van der Waals surface area contributed by atoms with Gasteiger partial charge in [0.05, 0.1) is 0 Å². The monoisotopic (exact) mass is 420 g/mol. The molecule has 0 amide bonds. The van der Waals surface area contributed by atoms with Crippen LogP contribution in [0, 0.1) is 29.6 Å². The first-order valence-corrected chi connectivity index (χ1v) is 16.6. The topological polar surface area (TPSA) is 66.0 Å². The Labute approximate surface area is 176 Å². The van der Waals surface area contributed by atoms with Crippen molar-refractivity contribution in [1.29, 1.82) is 10.5 Å². The Balaban J connectivity index is 2.49. The molecule has 150 valence electrons. The maximum atomic E-state index is 10.5. The summed E-state index contributed by atoms with van der Waals surface area (Å²) in [4.78, 5) is 0. The van der Waals surface area contributed by atoms with Gasteiger partial charge in [-0.05, 0) is 46.2 Å². The molecule has 2 unspecified atom stereocenters. The molecule has 1 aliphatic carbocycles. The smallest absolute Gasteiger partial charge is 0.197 e. The van der Waals surface area contributed by atoms with E-state index in [0.29, 0.717) is 16.7 Å². The predicted octanol–water partition coefficient (Wildman–Crippen LogP) is 5.55. The van der Waals surface area contributed by atoms with Gasteiger partial charge in [0.1, 0.15) is 12.1 Å². The number of nitriles is 2. The highest BCUT2D eigenvalue weighted by Crippen LogP contribution is 2.52. The lowest BCUT2D eigenvalue weighted by molar-refractivity contribution is 0.113. The first-order valence-electron chi connectivity index (χ1n) is 9.83. The average molecular weight is 421 g/mol. The Morgan fingerprint density at radius 1 is 0.690 bits per heavy atom. The van der Waals surface area contributed by atoms with Gasteiger partial charge in [0.2, 0.25) is 0 Å². The van der Waals surface area contributed by atoms with Crippen molar-refractivity contribution in [3.05, 3.63) is 70.3 Å². The molecular formula is C23H28N2O2Si2. The van der Waals surface area contributed by atoms with Crippen molar-refractivity contribution in [2.75, 3.05) is 0 Å². The van der Waals surface area contributed by atoms with Crippen LogP contribution in [0.25, 0.3) is 0 Å². The van der Waals surface area contributed by atoms with Crippen LogP contribution in [0.3, 0.4) is 0 Å². The highest BCUT2D eigenvalue weighted by molar-refractivity contribution is 6.70. The molecule has 1 aliphatic rings. The molecule has 0 fully saturated rings. The van der Waals surface area contributed by atoms with Crippen LogP contribution in [-0.2, 0) is 20.1 Å². The lowest BCUT2D eigenvalue weighted by Gasteiger charge is -2.46. The van der Waals surface area contributed by atoms with Crippen molar-refractivity contribution in [3.63, 3.8) is 0 Å². The quantitative estimate of drug-likeness (QED) is 0.609. The van der Waals surface area contributed by atoms with Crippen LogP contribution in [-0.4, -0.2) is 16.6 Å².